The molecule has 0 atom stereocenters. The van der Waals surface area contributed by atoms with Gasteiger partial charge in [-0.3, -0.25) is 9.78 Å². The molecule has 0 saturated heterocycles. The van der Waals surface area contributed by atoms with Crippen LogP contribution in [0.5, 0.6) is 11.6 Å². The number of benzene rings is 1. The Morgan fingerprint density at radius 3 is 2.67 bits per heavy atom. The molecule has 0 saturated carbocycles. The smallest absolute Gasteiger partial charge is 0.271 e. The summed E-state index contributed by atoms with van der Waals surface area (Å²) in [7, 11) is 1.56. The summed E-state index contributed by atoms with van der Waals surface area (Å²) in [6.07, 6.45) is 4.79. The largest absolute Gasteiger partial charge is 0.506 e. The molecule has 1 aromatic carbocycles. The Labute approximate surface area is 160 Å². The number of hydrazone groups is 1. The molecule has 7 nitrogen and oxygen atoms in total. The van der Waals surface area contributed by atoms with Crippen LogP contribution < -0.4 is 10.2 Å². The van der Waals surface area contributed by atoms with E-state index in [1.54, 1.807) is 25.6 Å². The van der Waals surface area contributed by atoms with Crippen LogP contribution in [0.4, 0.5) is 0 Å². The van der Waals surface area contributed by atoms with E-state index in [2.05, 4.69) is 20.5 Å². The molecule has 27 heavy (non-hydrogen) atoms. The van der Waals surface area contributed by atoms with Crippen LogP contribution in [0.2, 0.25) is 5.02 Å². The number of methoxy groups -OCH3 is 1. The van der Waals surface area contributed by atoms with Crippen LogP contribution in [0.15, 0.2) is 60.0 Å². The maximum atomic E-state index is 12.0. The highest BCUT2D eigenvalue weighted by Crippen LogP contribution is 2.23. The summed E-state index contributed by atoms with van der Waals surface area (Å²) in [6.45, 7) is 0. The zero-order valence-corrected chi connectivity index (χ0v) is 15.0. The van der Waals surface area contributed by atoms with Crippen LogP contribution in [0.25, 0.3) is 11.3 Å². The Morgan fingerprint density at radius 2 is 2.04 bits per heavy atom. The zero-order valence-electron chi connectivity index (χ0n) is 14.3. The van der Waals surface area contributed by atoms with Crippen molar-refractivity contribution in [3.05, 3.63) is 71.0 Å². The predicted molar refractivity (Wildman–Crippen MR) is 102 cm³/mol. The maximum absolute atomic E-state index is 12.0. The van der Waals surface area contributed by atoms with Gasteiger partial charge in [-0.1, -0.05) is 11.6 Å². The number of aromatic hydroxyl groups is 1. The summed E-state index contributed by atoms with van der Waals surface area (Å²) in [5.74, 6) is 0.00476. The highest BCUT2D eigenvalue weighted by atomic mass is 35.5. The van der Waals surface area contributed by atoms with Crippen molar-refractivity contribution >= 4 is 23.7 Å². The van der Waals surface area contributed by atoms with Crippen LogP contribution >= 0.6 is 11.6 Å². The van der Waals surface area contributed by atoms with E-state index in [0.717, 1.165) is 11.3 Å². The standard InChI is InChI=1S/C19H15ClN4O3/c1-27-18-7-4-14(11-22-18)16-5-2-12(9-21-16)10-23-24-19(26)13-3-6-17(25)15(20)8-13/h2-11,25H,1H3,(H,24,26). The highest BCUT2D eigenvalue weighted by molar-refractivity contribution is 6.32. The molecule has 2 aromatic heterocycles. The van der Waals surface area contributed by atoms with Crippen LogP contribution in [-0.2, 0) is 0 Å². The second kappa shape index (κ2) is 8.29. The number of rotatable bonds is 5. The molecule has 0 aliphatic carbocycles. The lowest BCUT2D eigenvalue weighted by atomic mass is 10.2. The Morgan fingerprint density at radius 1 is 1.19 bits per heavy atom. The number of carbonyl (C=O) groups is 1. The van der Waals surface area contributed by atoms with E-state index in [1.807, 2.05) is 18.2 Å². The van der Waals surface area contributed by atoms with Gasteiger partial charge in [0.05, 0.1) is 24.0 Å². The number of amides is 1. The summed E-state index contributed by atoms with van der Waals surface area (Å²) in [5.41, 5.74) is 5.00. The third kappa shape index (κ3) is 4.59. The first kappa shape index (κ1) is 18.3. The summed E-state index contributed by atoms with van der Waals surface area (Å²) < 4.78 is 5.03. The van der Waals surface area contributed by atoms with Gasteiger partial charge in [0.2, 0.25) is 5.88 Å². The molecule has 0 unspecified atom stereocenters. The molecule has 2 heterocycles. The normalized spacial score (nSPS) is 10.7. The molecule has 3 rings (SSSR count). The first-order chi connectivity index (χ1) is 13.1. The number of hydrogen-bond acceptors (Lipinski definition) is 6. The molecule has 0 fully saturated rings. The molecular weight excluding hydrogens is 368 g/mol. The fourth-order valence-corrected chi connectivity index (χ4v) is 2.36. The number of pyridine rings is 2. The third-order valence-electron chi connectivity index (χ3n) is 3.62. The topological polar surface area (TPSA) is 96.7 Å². The van der Waals surface area contributed by atoms with Crippen LogP contribution in [0.3, 0.4) is 0 Å². The van der Waals surface area contributed by atoms with Gasteiger partial charge in [0, 0.05) is 35.2 Å². The van der Waals surface area contributed by atoms with Crippen molar-refractivity contribution in [2.75, 3.05) is 7.11 Å². The molecule has 2 N–H and O–H groups in total. The van der Waals surface area contributed by atoms with E-state index in [1.165, 1.54) is 24.4 Å². The van der Waals surface area contributed by atoms with E-state index in [-0.39, 0.29) is 16.3 Å². The molecule has 0 spiro atoms. The number of phenolic OH excluding ortho intramolecular Hbond substituents is 1. The number of nitrogens with zero attached hydrogens (tertiary/aromatic N) is 3. The third-order valence-corrected chi connectivity index (χ3v) is 3.92. The SMILES string of the molecule is COc1ccc(-c2ccc(C=NNC(=O)c3ccc(O)c(Cl)c3)cn2)cn1. The van der Waals surface area contributed by atoms with E-state index < -0.39 is 5.91 Å². The van der Waals surface area contributed by atoms with E-state index in [0.29, 0.717) is 11.4 Å². The van der Waals surface area contributed by atoms with Gasteiger partial charge in [-0.15, -0.1) is 0 Å². The zero-order chi connectivity index (χ0) is 19.2. The van der Waals surface area contributed by atoms with Gasteiger partial charge in [0.1, 0.15) is 5.75 Å². The fourth-order valence-electron chi connectivity index (χ4n) is 2.18. The number of halogens is 1. The van der Waals surface area contributed by atoms with Crippen molar-refractivity contribution in [3.63, 3.8) is 0 Å². The molecule has 0 aliphatic heterocycles. The molecule has 3 aromatic rings. The first-order valence-corrected chi connectivity index (χ1v) is 8.23. The van der Waals surface area contributed by atoms with Crippen molar-refractivity contribution in [2.45, 2.75) is 0 Å². The lowest BCUT2D eigenvalue weighted by Gasteiger charge is -2.03. The molecule has 0 aliphatic rings. The summed E-state index contributed by atoms with van der Waals surface area (Å²) in [5, 5.41) is 13.4. The summed E-state index contributed by atoms with van der Waals surface area (Å²) >= 11 is 5.78. The van der Waals surface area contributed by atoms with E-state index in [4.69, 9.17) is 16.3 Å². The molecule has 0 bridgehead atoms. The molecule has 136 valence electrons. The van der Waals surface area contributed by atoms with Crippen LogP contribution in [0, 0.1) is 0 Å². The molecular formula is C19H15ClN4O3. The minimum Gasteiger partial charge on any atom is -0.506 e. The van der Waals surface area contributed by atoms with Crippen molar-refractivity contribution < 1.29 is 14.6 Å². The number of phenols is 1. The molecule has 0 radical (unpaired) electrons. The number of hydrogen-bond donors (Lipinski definition) is 2. The molecule has 1 amide bonds. The Kier molecular flexibility index (Phi) is 5.63. The lowest BCUT2D eigenvalue weighted by molar-refractivity contribution is 0.0955. The number of carbonyl (C=O) groups excluding carboxylic acids is 1. The van der Waals surface area contributed by atoms with Gasteiger partial charge in [-0.05, 0) is 36.4 Å². The summed E-state index contributed by atoms with van der Waals surface area (Å²) in [6, 6.07) is 11.4. The lowest BCUT2D eigenvalue weighted by Crippen LogP contribution is -2.17. The van der Waals surface area contributed by atoms with E-state index in [9.17, 15) is 9.90 Å². The average Bonchev–Trinajstić information content (AvgIpc) is 2.70. The van der Waals surface area contributed by atoms with Gasteiger partial charge in [-0.25, -0.2) is 10.4 Å². The van der Waals surface area contributed by atoms with Crippen molar-refractivity contribution in [3.8, 4) is 22.9 Å². The minimum atomic E-state index is -0.443. The van der Waals surface area contributed by atoms with Gasteiger partial charge in [-0.2, -0.15) is 5.10 Å². The van der Waals surface area contributed by atoms with Crippen molar-refractivity contribution in [2.24, 2.45) is 5.10 Å². The minimum absolute atomic E-state index is 0.0880. The number of nitrogens with one attached hydrogen (secondary N) is 1. The number of aromatic nitrogens is 2. The van der Waals surface area contributed by atoms with Gasteiger partial charge in [0.15, 0.2) is 0 Å². The quantitative estimate of drug-likeness (QED) is 0.521. The van der Waals surface area contributed by atoms with Crippen LogP contribution in [0.1, 0.15) is 15.9 Å². The molecule has 8 heteroatoms. The van der Waals surface area contributed by atoms with Gasteiger partial charge < -0.3 is 9.84 Å². The second-order valence-electron chi connectivity index (χ2n) is 5.43. The Bertz CT molecular complexity index is 973. The first-order valence-electron chi connectivity index (χ1n) is 7.85. The van der Waals surface area contributed by atoms with Crippen molar-refractivity contribution in [1.82, 2.24) is 15.4 Å². The average molecular weight is 383 g/mol. The van der Waals surface area contributed by atoms with Gasteiger partial charge in [0.25, 0.3) is 5.91 Å². The Hall–Kier alpha value is -3.45. The highest BCUT2D eigenvalue weighted by Gasteiger charge is 2.07. The van der Waals surface area contributed by atoms with Crippen molar-refractivity contribution in [1.29, 1.82) is 0 Å². The summed E-state index contributed by atoms with van der Waals surface area (Å²) in [4.78, 5) is 20.5. The fraction of sp³-hybridized carbons (Fsp3) is 0.0526. The predicted octanol–water partition coefficient (Wildman–Crippen LogP) is 3.28. The second-order valence-corrected chi connectivity index (χ2v) is 5.84. The number of ether oxygens (including phenoxy) is 1. The van der Waals surface area contributed by atoms with Gasteiger partial charge >= 0.3 is 0 Å². The van der Waals surface area contributed by atoms with Crippen LogP contribution in [-0.4, -0.2) is 34.3 Å². The monoisotopic (exact) mass is 382 g/mol. The van der Waals surface area contributed by atoms with E-state index >= 15 is 0 Å². The maximum Gasteiger partial charge on any atom is 0.271 e. The Balaban J connectivity index is 1.63.